The number of phenols is 1. The second-order valence-electron chi connectivity index (χ2n) is 4.16. The first-order valence-corrected chi connectivity index (χ1v) is 5.49. The maximum absolute atomic E-state index is 9.41. The van der Waals surface area contributed by atoms with Crippen molar-refractivity contribution in [1.82, 2.24) is 9.55 Å². The second-order valence-corrected chi connectivity index (χ2v) is 4.16. The number of phenolic OH excluding ortho intramolecular Hbond substituents is 1. The van der Waals surface area contributed by atoms with Crippen LogP contribution in [0.15, 0.2) is 18.2 Å². The molecule has 15 heavy (non-hydrogen) atoms. The molecule has 1 fully saturated rings. The monoisotopic (exact) mass is 202 g/mol. The fourth-order valence-corrected chi connectivity index (χ4v) is 2.13. The molecule has 0 amide bonds. The molecule has 0 aliphatic heterocycles. The lowest BCUT2D eigenvalue weighted by Crippen LogP contribution is -1.99. The highest BCUT2D eigenvalue weighted by atomic mass is 16.3. The van der Waals surface area contributed by atoms with Gasteiger partial charge in [-0.2, -0.15) is 0 Å². The Morgan fingerprint density at radius 2 is 2.27 bits per heavy atom. The van der Waals surface area contributed by atoms with Gasteiger partial charge < -0.3 is 9.67 Å². The Morgan fingerprint density at radius 1 is 1.47 bits per heavy atom. The summed E-state index contributed by atoms with van der Waals surface area (Å²) in [4.78, 5) is 4.56. The van der Waals surface area contributed by atoms with E-state index in [9.17, 15) is 5.11 Å². The number of hydrogen-bond acceptors (Lipinski definition) is 2. The number of aromatic hydroxyl groups is 1. The van der Waals surface area contributed by atoms with Crippen LogP contribution in [0, 0.1) is 0 Å². The fourth-order valence-electron chi connectivity index (χ4n) is 2.13. The Kier molecular flexibility index (Phi) is 1.75. The molecule has 0 spiro atoms. The number of aromatic nitrogens is 2. The van der Waals surface area contributed by atoms with Crippen LogP contribution in [0.25, 0.3) is 11.0 Å². The van der Waals surface area contributed by atoms with Gasteiger partial charge in [-0.1, -0.05) is 6.92 Å². The molecular formula is C12H14N2O. The van der Waals surface area contributed by atoms with Crippen LogP contribution in [-0.4, -0.2) is 14.7 Å². The molecule has 1 aliphatic rings. The van der Waals surface area contributed by atoms with Gasteiger partial charge in [-0.15, -0.1) is 0 Å². The zero-order chi connectivity index (χ0) is 10.4. The Balaban J connectivity index is 2.28. The van der Waals surface area contributed by atoms with E-state index in [4.69, 9.17) is 0 Å². The Morgan fingerprint density at radius 3 is 2.93 bits per heavy atom. The minimum Gasteiger partial charge on any atom is -0.508 e. The first-order chi connectivity index (χ1) is 7.29. The first kappa shape index (κ1) is 8.77. The van der Waals surface area contributed by atoms with Crippen LogP contribution in [0.3, 0.4) is 0 Å². The van der Waals surface area contributed by atoms with Crippen LogP contribution in [0.2, 0.25) is 0 Å². The molecule has 1 N–H and O–H groups in total. The zero-order valence-corrected chi connectivity index (χ0v) is 8.77. The van der Waals surface area contributed by atoms with Crippen LogP contribution in [0.4, 0.5) is 0 Å². The van der Waals surface area contributed by atoms with Crippen molar-refractivity contribution < 1.29 is 5.11 Å². The summed E-state index contributed by atoms with van der Waals surface area (Å²) in [5, 5.41) is 9.41. The summed E-state index contributed by atoms with van der Waals surface area (Å²) < 4.78 is 2.33. The van der Waals surface area contributed by atoms with E-state index < -0.39 is 0 Å². The highest BCUT2D eigenvalue weighted by molar-refractivity contribution is 5.78. The van der Waals surface area contributed by atoms with E-state index in [2.05, 4.69) is 16.5 Å². The van der Waals surface area contributed by atoms with Crippen molar-refractivity contribution in [2.24, 2.45) is 0 Å². The van der Waals surface area contributed by atoms with Crippen molar-refractivity contribution in [2.75, 3.05) is 0 Å². The van der Waals surface area contributed by atoms with E-state index in [0.29, 0.717) is 11.8 Å². The third-order valence-corrected chi connectivity index (χ3v) is 2.97. The van der Waals surface area contributed by atoms with Crippen LogP contribution >= 0.6 is 0 Å². The molecule has 2 aromatic rings. The summed E-state index contributed by atoms with van der Waals surface area (Å²) >= 11 is 0. The number of hydrogen-bond donors (Lipinski definition) is 1. The lowest BCUT2D eigenvalue weighted by molar-refractivity contribution is 0.476. The molecular weight excluding hydrogens is 188 g/mol. The van der Waals surface area contributed by atoms with Crippen molar-refractivity contribution >= 4 is 11.0 Å². The minimum atomic E-state index is 0.297. The molecule has 1 aromatic carbocycles. The van der Waals surface area contributed by atoms with E-state index in [0.717, 1.165) is 23.3 Å². The number of benzene rings is 1. The maximum Gasteiger partial charge on any atom is 0.117 e. The maximum atomic E-state index is 9.41. The van der Waals surface area contributed by atoms with Crippen molar-refractivity contribution in [3.05, 3.63) is 24.0 Å². The van der Waals surface area contributed by atoms with E-state index in [1.807, 2.05) is 6.07 Å². The highest BCUT2D eigenvalue weighted by Gasteiger charge is 2.27. The molecule has 1 aromatic heterocycles. The highest BCUT2D eigenvalue weighted by Crippen LogP contribution is 2.39. The molecule has 78 valence electrons. The van der Waals surface area contributed by atoms with Crippen LogP contribution in [0.1, 0.15) is 31.6 Å². The number of nitrogens with zero attached hydrogens (tertiary/aromatic N) is 2. The smallest absolute Gasteiger partial charge is 0.117 e. The summed E-state index contributed by atoms with van der Waals surface area (Å²) in [5.41, 5.74) is 2.07. The lowest BCUT2D eigenvalue weighted by Gasteiger charge is -2.04. The van der Waals surface area contributed by atoms with Crippen LogP contribution in [-0.2, 0) is 6.42 Å². The standard InChI is InChI=1S/C12H14N2O/c1-2-12-13-10-7-9(15)5-6-11(10)14(12)8-3-4-8/h5-8,15H,2-4H2,1H3. The van der Waals surface area contributed by atoms with Crippen molar-refractivity contribution in [1.29, 1.82) is 0 Å². The van der Waals surface area contributed by atoms with E-state index in [1.165, 1.54) is 12.8 Å². The molecule has 3 nitrogen and oxygen atoms in total. The Labute approximate surface area is 88.4 Å². The van der Waals surface area contributed by atoms with Gasteiger partial charge in [-0.25, -0.2) is 4.98 Å². The predicted octanol–water partition coefficient (Wildman–Crippen LogP) is 2.64. The van der Waals surface area contributed by atoms with Crippen molar-refractivity contribution in [3.63, 3.8) is 0 Å². The third-order valence-electron chi connectivity index (χ3n) is 2.97. The van der Waals surface area contributed by atoms with Gasteiger partial charge in [0.15, 0.2) is 0 Å². The van der Waals surface area contributed by atoms with Crippen molar-refractivity contribution in [3.8, 4) is 5.75 Å². The first-order valence-electron chi connectivity index (χ1n) is 5.49. The average molecular weight is 202 g/mol. The van der Waals surface area contributed by atoms with Gasteiger partial charge in [-0.3, -0.25) is 0 Å². The molecule has 1 aliphatic carbocycles. The minimum absolute atomic E-state index is 0.297. The fraction of sp³-hybridized carbons (Fsp3) is 0.417. The molecule has 3 rings (SSSR count). The van der Waals surface area contributed by atoms with Gasteiger partial charge in [0.05, 0.1) is 11.0 Å². The van der Waals surface area contributed by atoms with Gasteiger partial charge in [-0.05, 0) is 25.0 Å². The summed E-state index contributed by atoms with van der Waals surface area (Å²) in [5.74, 6) is 1.43. The zero-order valence-electron chi connectivity index (χ0n) is 8.77. The van der Waals surface area contributed by atoms with Crippen LogP contribution < -0.4 is 0 Å². The normalized spacial score (nSPS) is 16.1. The SMILES string of the molecule is CCc1nc2cc(O)ccc2n1C1CC1. The number of aryl methyl sites for hydroxylation is 1. The number of rotatable bonds is 2. The van der Waals surface area contributed by atoms with Crippen molar-refractivity contribution in [2.45, 2.75) is 32.2 Å². The third kappa shape index (κ3) is 1.30. The Bertz CT molecular complexity index is 512. The van der Waals surface area contributed by atoms with E-state index in [1.54, 1.807) is 12.1 Å². The van der Waals surface area contributed by atoms with Gasteiger partial charge in [0.1, 0.15) is 11.6 Å². The van der Waals surface area contributed by atoms with E-state index >= 15 is 0 Å². The van der Waals surface area contributed by atoms with Gasteiger partial charge in [0.25, 0.3) is 0 Å². The van der Waals surface area contributed by atoms with Gasteiger partial charge >= 0.3 is 0 Å². The second kappa shape index (κ2) is 2.99. The van der Waals surface area contributed by atoms with Gasteiger partial charge in [0, 0.05) is 18.5 Å². The lowest BCUT2D eigenvalue weighted by atomic mass is 10.3. The summed E-state index contributed by atoms with van der Waals surface area (Å²) in [6, 6.07) is 6.10. The molecule has 0 unspecified atom stereocenters. The molecule has 1 saturated carbocycles. The van der Waals surface area contributed by atoms with E-state index in [-0.39, 0.29) is 0 Å². The topological polar surface area (TPSA) is 38.1 Å². The molecule has 3 heteroatoms. The van der Waals surface area contributed by atoms with Crippen LogP contribution in [0.5, 0.6) is 5.75 Å². The summed E-state index contributed by atoms with van der Waals surface area (Å²) in [6.45, 7) is 2.12. The summed E-state index contributed by atoms with van der Waals surface area (Å²) in [6.07, 6.45) is 3.48. The number of fused-ring (bicyclic) bond motifs is 1. The molecule has 0 atom stereocenters. The quantitative estimate of drug-likeness (QED) is 0.813. The predicted molar refractivity (Wildman–Crippen MR) is 59.0 cm³/mol. The molecule has 1 heterocycles. The Hall–Kier alpha value is -1.51. The number of imidazole rings is 1. The molecule has 0 bridgehead atoms. The molecule has 0 saturated heterocycles. The summed E-state index contributed by atoms with van der Waals surface area (Å²) in [7, 11) is 0. The van der Waals surface area contributed by atoms with Gasteiger partial charge in [0.2, 0.25) is 0 Å². The largest absolute Gasteiger partial charge is 0.508 e. The molecule has 0 radical (unpaired) electrons. The average Bonchev–Trinajstić information content (AvgIpc) is 2.99.